The van der Waals surface area contributed by atoms with Gasteiger partial charge in [-0.15, -0.1) is 11.3 Å². The number of carbonyl (C=O) groups excluding carboxylic acids is 2. The molecule has 0 bridgehead atoms. The number of methoxy groups -OCH3 is 1. The molecule has 0 aliphatic heterocycles. The van der Waals surface area contributed by atoms with E-state index in [9.17, 15) is 14.0 Å². The fourth-order valence-corrected chi connectivity index (χ4v) is 4.29. The van der Waals surface area contributed by atoms with Crippen LogP contribution in [0.2, 0.25) is 0 Å². The van der Waals surface area contributed by atoms with E-state index in [-0.39, 0.29) is 23.4 Å². The third-order valence-electron chi connectivity index (χ3n) is 4.73. The van der Waals surface area contributed by atoms with Crippen LogP contribution < -0.4 is 5.32 Å². The monoisotopic (exact) mass is 413 g/mol. The first-order valence-electron chi connectivity index (χ1n) is 9.33. The molecule has 0 radical (unpaired) electrons. The molecule has 3 aromatic rings. The first-order valence-corrected chi connectivity index (χ1v) is 10.1. The van der Waals surface area contributed by atoms with E-state index < -0.39 is 17.9 Å². The molecule has 1 heterocycles. The van der Waals surface area contributed by atoms with Gasteiger partial charge in [-0.05, 0) is 25.0 Å². The Balaban J connectivity index is 1.68. The SMILES string of the molecule is COCc1c(C(=O)O[C@H](C(=O)NC2CC2)c2ccccc2)sc2cccc(F)c12. The standard InChI is InChI=1S/C22H20FNO4S/c1-27-12-15-18-16(23)8-5-9-17(18)29-20(15)22(26)28-19(13-6-3-2-4-7-13)21(25)24-14-10-11-14/h2-9,14,19H,10-12H2,1H3,(H,24,25)/t19-/m0/s1. The molecule has 1 amide bonds. The number of hydrogen-bond acceptors (Lipinski definition) is 5. The Morgan fingerprint density at radius 1 is 1.17 bits per heavy atom. The Bertz CT molecular complexity index is 1050. The van der Waals surface area contributed by atoms with Crippen molar-refractivity contribution in [3.63, 3.8) is 0 Å². The summed E-state index contributed by atoms with van der Waals surface area (Å²) in [6.07, 6.45) is 0.776. The van der Waals surface area contributed by atoms with Crippen LogP contribution in [0, 0.1) is 5.82 Å². The van der Waals surface area contributed by atoms with Crippen LogP contribution in [0.4, 0.5) is 4.39 Å². The second-order valence-electron chi connectivity index (χ2n) is 6.93. The average molecular weight is 413 g/mol. The first kappa shape index (κ1) is 19.5. The van der Waals surface area contributed by atoms with Gasteiger partial charge in [0.2, 0.25) is 6.10 Å². The highest BCUT2D eigenvalue weighted by molar-refractivity contribution is 7.21. The van der Waals surface area contributed by atoms with Crippen molar-refractivity contribution in [1.82, 2.24) is 5.32 Å². The van der Waals surface area contributed by atoms with Crippen LogP contribution in [0.25, 0.3) is 10.1 Å². The third kappa shape index (κ3) is 4.16. The zero-order valence-electron chi connectivity index (χ0n) is 15.8. The lowest BCUT2D eigenvalue weighted by atomic mass is 10.1. The van der Waals surface area contributed by atoms with Gasteiger partial charge in [0.1, 0.15) is 10.7 Å². The van der Waals surface area contributed by atoms with E-state index in [1.165, 1.54) is 13.2 Å². The van der Waals surface area contributed by atoms with Gasteiger partial charge in [-0.2, -0.15) is 0 Å². The summed E-state index contributed by atoms with van der Waals surface area (Å²) in [5.74, 6) is -1.44. The predicted octanol–water partition coefficient (Wildman–Crippen LogP) is 4.36. The fourth-order valence-electron chi connectivity index (χ4n) is 3.18. The molecule has 5 nitrogen and oxygen atoms in total. The summed E-state index contributed by atoms with van der Waals surface area (Å²) in [6.45, 7) is 0.0651. The lowest BCUT2D eigenvalue weighted by molar-refractivity contribution is -0.130. The third-order valence-corrected chi connectivity index (χ3v) is 5.90. The molecule has 1 N–H and O–H groups in total. The van der Waals surface area contributed by atoms with Gasteiger partial charge in [-0.3, -0.25) is 4.79 Å². The molecular formula is C22H20FNO4S. The Morgan fingerprint density at radius 3 is 2.62 bits per heavy atom. The van der Waals surface area contributed by atoms with E-state index in [0.717, 1.165) is 24.2 Å². The average Bonchev–Trinajstić information content (AvgIpc) is 3.46. The van der Waals surface area contributed by atoms with E-state index in [0.29, 0.717) is 21.2 Å². The molecular weight excluding hydrogens is 393 g/mol. The number of carbonyl (C=O) groups is 2. The van der Waals surface area contributed by atoms with Gasteiger partial charge in [0.05, 0.1) is 6.61 Å². The summed E-state index contributed by atoms with van der Waals surface area (Å²) >= 11 is 1.14. The Morgan fingerprint density at radius 2 is 1.93 bits per heavy atom. The summed E-state index contributed by atoms with van der Waals surface area (Å²) < 4.78 is 25.9. The highest BCUT2D eigenvalue weighted by Gasteiger charge is 2.32. The van der Waals surface area contributed by atoms with Gasteiger partial charge in [-0.25, -0.2) is 9.18 Å². The van der Waals surface area contributed by atoms with E-state index in [1.54, 1.807) is 36.4 Å². The summed E-state index contributed by atoms with van der Waals surface area (Å²) in [7, 11) is 1.48. The number of esters is 1. The Hall–Kier alpha value is -2.77. The van der Waals surface area contributed by atoms with Crippen LogP contribution in [0.1, 0.15) is 39.7 Å². The number of fused-ring (bicyclic) bond motifs is 1. The van der Waals surface area contributed by atoms with Crippen molar-refractivity contribution in [1.29, 1.82) is 0 Å². The van der Waals surface area contributed by atoms with Gasteiger partial charge >= 0.3 is 5.97 Å². The van der Waals surface area contributed by atoms with Crippen LogP contribution in [0.3, 0.4) is 0 Å². The maximum atomic E-state index is 14.4. The first-order chi connectivity index (χ1) is 14.1. The van der Waals surface area contributed by atoms with Gasteiger partial charge in [0, 0.05) is 34.4 Å². The second-order valence-corrected chi connectivity index (χ2v) is 7.99. The highest BCUT2D eigenvalue weighted by atomic mass is 32.1. The van der Waals surface area contributed by atoms with E-state index in [2.05, 4.69) is 5.32 Å². The van der Waals surface area contributed by atoms with Crippen molar-refractivity contribution in [2.45, 2.75) is 31.6 Å². The molecule has 150 valence electrons. The lowest BCUT2D eigenvalue weighted by Crippen LogP contribution is -2.33. The summed E-state index contributed by atoms with van der Waals surface area (Å²) in [5, 5.41) is 3.24. The van der Waals surface area contributed by atoms with Crippen molar-refractivity contribution < 1.29 is 23.5 Å². The van der Waals surface area contributed by atoms with Crippen molar-refractivity contribution in [2.24, 2.45) is 0 Å². The maximum absolute atomic E-state index is 14.4. The summed E-state index contributed by atoms with van der Waals surface area (Å²) in [4.78, 5) is 26.0. The molecule has 1 atom stereocenters. The van der Waals surface area contributed by atoms with Crippen molar-refractivity contribution in [2.75, 3.05) is 7.11 Å². The van der Waals surface area contributed by atoms with Crippen LogP contribution in [-0.2, 0) is 20.9 Å². The Kier molecular flexibility index (Phi) is 5.60. The van der Waals surface area contributed by atoms with Crippen LogP contribution >= 0.6 is 11.3 Å². The minimum absolute atomic E-state index is 0.0651. The van der Waals surface area contributed by atoms with Crippen molar-refractivity contribution in [3.8, 4) is 0 Å². The van der Waals surface area contributed by atoms with Gasteiger partial charge in [-0.1, -0.05) is 36.4 Å². The predicted molar refractivity (Wildman–Crippen MR) is 108 cm³/mol. The van der Waals surface area contributed by atoms with E-state index in [4.69, 9.17) is 9.47 Å². The molecule has 2 aromatic carbocycles. The largest absolute Gasteiger partial charge is 0.443 e. The number of nitrogens with one attached hydrogen (secondary N) is 1. The lowest BCUT2D eigenvalue weighted by Gasteiger charge is -2.18. The molecule has 0 unspecified atom stereocenters. The van der Waals surface area contributed by atoms with Gasteiger partial charge < -0.3 is 14.8 Å². The van der Waals surface area contributed by atoms with Gasteiger partial charge in [0.15, 0.2) is 0 Å². The number of hydrogen-bond donors (Lipinski definition) is 1. The summed E-state index contributed by atoms with van der Waals surface area (Å²) in [5.41, 5.74) is 1.02. The molecule has 0 saturated heterocycles. The topological polar surface area (TPSA) is 64.6 Å². The van der Waals surface area contributed by atoms with Crippen LogP contribution in [0.15, 0.2) is 48.5 Å². The number of ether oxygens (including phenoxy) is 2. The number of amides is 1. The number of thiophene rings is 1. The normalized spacial score (nSPS) is 14.6. The van der Waals surface area contributed by atoms with Crippen LogP contribution in [0.5, 0.6) is 0 Å². The molecule has 1 aliphatic rings. The second kappa shape index (κ2) is 8.31. The molecule has 7 heteroatoms. The molecule has 1 aliphatic carbocycles. The quantitative estimate of drug-likeness (QED) is 0.585. The van der Waals surface area contributed by atoms with Crippen LogP contribution in [-0.4, -0.2) is 25.0 Å². The fraction of sp³-hybridized carbons (Fsp3) is 0.273. The highest BCUT2D eigenvalue weighted by Crippen LogP contribution is 2.35. The number of halogens is 1. The molecule has 1 saturated carbocycles. The van der Waals surface area contributed by atoms with Gasteiger partial charge in [0.25, 0.3) is 5.91 Å². The smallest absolute Gasteiger partial charge is 0.349 e. The minimum atomic E-state index is -1.07. The molecule has 1 aromatic heterocycles. The zero-order chi connectivity index (χ0) is 20.4. The minimum Gasteiger partial charge on any atom is -0.443 e. The van der Waals surface area contributed by atoms with Crippen molar-refractivity contribution >= 4 is 33.3 Å². The van der Waals surface area contributed by atoms with Crippen molar-refractivity contribution in [3.05, 3.63) is 70.4 Å². The molecule has 29 heavy (non-hydrogen) atoms. The maximum Gasteiger partial charge on any atom is 0.349 e. The molecule has 0 spiro atoms. The molecule has 1 fully saturated rings. The zero-order valence-corrected chi connectivity index (χ0v) is 16.6. The van der Waals surface area contributed by atoms with E-state index in [1.807, 2.05) is 6.07 Å². The van der Waals surface area contributed by atoms with E-state index >= 15 is 0 Å². The number of rotatable bonds is 7. The number of benzene rings is 2. The summed E-state index contributed by atoms with van der Waals surface area (Å²) in [6, 6.07) is 13.7. The Labute approximate surface area is 171 Å². The molecule has 4 rings (SSSR count).